The van der Waals surface area contributed by atoms with Gasteiger partial charge in [-0.2, -0.15) is 5.10 Å². The Morgan fingerprint density at radius 3 is 2.65 bits per heavy atom. The van der Waals surface area contributed by atoms with E-state index in [2.05, 4.69) is 40.3 Å². The number of aromatic amines is 1. The van der Waals surface area contributed by atoms with Gasteiger partial charge in [-0.15, -0.1) is 11.3 Å². The summed E-state index contributed by atoms with van der Waals surface area (Å²) in [5, 5.41) is 8.28. The number of anilines is 1. The molecule has 3 rings (SSSR count). The molecule has 0 amide bonds. The summed E-state index contributed by atoms with van der Waals surface area (Å²) in [4.78, 5) is 5.58. The van der Waals surface area contributed by atoms with Gasteiger partial charge in [-0.05, 0) is 26.3 Å². The summed E-state index contributed by atoms with van der Waals surface area (Å²) in [6, 6.07) is 8.28. The molecule has 102 valence electrons. The van der Waals surface area contributed by atoms with Crippen LogP contribution in [-0.4, -0.2) is 15.2 Å². The molecular formula is C15H16N4S. The third-order valence-electron chi connectivity index (χ3n) is 3.23. The van der Waals surface area contributed by atoms with Gasteiger partial charge in [0, 0.05) is 0 Å². The Balaban J connectivity index is 2.22. The first-order chi connectivity index (χ1) is 9.56. The Bertz CT molecular complexity index is 770. The Hall–Kier alpha value is -2.14. The summed E-state index contributed by atoms with van der Waals surface area (Å²) in [5.74, 6) is 0.524. The largest absolute Gasteiger partial charge is 0.382 e. The number of benzene rings is 1. The van der Waals surface area contributed by atoms with Crippen LogP contribution in [0.25, 0.3) is 21.7 Å². The topological polar surface area (TPSA) is 67.6 Å². The average molecular weight is 284 g/mol. The van der Waals surface area contributed by atoms with E-state index in [0.29, 0.717) is 5.82 Å². The second-order valence-electron chi connectivity index (χ2n) is 4.88. The van der Waals surface area contributed by atoms with Crippen molar-refractivity contribution in [3.8, 4) is 21.7 Å². The Kier molecular flexibility index (Phi) is 3.06. The van der Waals surface area contributed by atoms with Gasteiger partial charge in [0.15, 0.2) is 5.82 Å². The maximum atomic E-state index is 6.06. The first-order valence-electron chi connectivity index (χ1n) is 6.41. The summed E-state index contributed by atoms with van der Waals surface area (Å²) < 4.78 is 0. The van der Waals surface area contributed by atoms with Gasteiger partial charge in [-0.25, -0.2) is 4.98 Å². The van der Waals surface area contributed by atoms with Gasteiger partial charge in [0.1, 0.15) is 0 Å². The molecule has 0 spiro atoms. The molecule has 0 atom stereocenters. The zero-order valence-corrected chi connectivity index (χ0v) is 12.5. The number of hydrogen-bond acceptors (Lipinski definition) is 4. The Labute approximate surface area is 121 Å². The van der Waals surface area contributed by atoms with Crippen LogP contribution >= 0.6 is 11.3 Å². The molecule has 2 heterocycles. The molecule has 0 aliphatic carbocycles. The predicted molar refractivity (Wildman–Crippen MR) is 83.8 cm³/mol. The lowest BCUT2D eigenvalue weighted by atomic mass is 10.0. The number of H-pyrrole nitrogens is 1. The SMILES string of the molecule is Cc1cccc(-c2c(N)n[nH]c2-c2sc(C)nc2C)c1. The van der Waals surface area contributed by atoms with E-state index in [1.807, 2.05) is 19.9 Å². The summed E-state index contributed by atoms with van der Waals surface area (Å²) in [6.07, 6.45) is 0. The molecule has 0 bridgehead atoms. The molecule has 20 heavy (non-hydrogen) atoms. The van der Waals surface area contributed by atoms with E-state index >= 15 is 0 Å². The van der Waals surface area contributed by atoms with Gasteiger partial charge in [0.2, 0.25) is 0 Å². The highest BCUT2D eigenvalue weighted by atomic mass is 32.1. The third-order valence-corrected chi connectivity index (χ3v) is 4.32. The molecule has 2 aromatic heterocycles. The van der Waals surface area contributed by atoms with Crippen LogP contribution in [0.4, 0.5) is 5.82 Å². The van der Waals surface area contributed by atoms with Crippen molar-refractivity contribution in [3.05, 3.63) is 40.5 Å². The van der Waals surface area contributed by atoms with Crippen molar-refractivity contribution in [2.75, 3.05) is 5.73 Å². The van der Waals surface area contributed by atoms with E-state index in [1.54, 1.807) is 11.3 Å². The zero-order valence-electron chi connectivity index (χ0n) is 11.7. The number of rotatable bonds is 2. The second-order valence-corrected chi connectivity index (χ2v) is 6.08. The molecule has 1 aromatic carbocycles. The summed E-state index contributed by atoms with van der Waals surface area (Å²) in [6.45, 7) is 6.09. The number of nitrogens with zero attached hydrogens (tertiary/aromatic N) is 2. The minimum Gasteiger partial charge on any atom is -0.382 e. The quantitative estimate of drug-likeness (QED) is 0.754. The zero-order chi connectivity index (χ0) is 14.3. The van der Waals surface area contributed by atoms with Crippen LogP contribution in [0.5, 0.6) is 0 Å². The highest BCUT2D eigenvalue weighted by Gasteiger charge is 2.18. The molecule has 0 saturated heterocycles. The molecule has 4 nitrogen and oxygen atoms in total. The van der Waals surface area contributed by atoms with Crippen molar-refractivity contribution in [2.45, 2.75) is 20.8 Å². The lowest BCUT2D eigenvalue weighted by Crippen LogP contribution is -1.89. The van der Waals surface area contributed by atoms with E-state index in [-0.39, 0.29) is 0 Å². The van der Waals surface area contributed by atoms with E-state index in [9.17, 15) is 0 Å². The summed E-state index contributed by atoms with van der Waals surface area (Å²) in [5.41, 5.74) is 11.3. The van der Waals surface area contributed by atoms with Crippen LogP contribution in [0.2, 0.25) is 0 Å². The van der Waals surface area contributed by atoms with Gasteiger partial charge < -0.3 is 5.73 Å². The van der Waals surface area contributed by atoms with E-state index in [4.69, 9.17) is 5.73 Å². The summed E-state index contributed by atoms with van der Waals surface area (Å²) >= 11 is 1.66. The number of nitrogens with one attached hydrogen (secondary N) is 1. The molecule has 0 fully saturated rings. The molecular weight excluding hydrogens is 268 g/mol. The molecule has 0 unspecified atom stereocenters. The van der Waals surface area contributed by atoms with Crippen LogP contribution < -0.4 is 5.73 Å². The number of aryl methyl sites for hydroxylation is 3. The van der Waals surface area contributed by atoms with Gasteiger partial charge in [-0.1, -0.05) is 29.8 Å². The van der Waals surface area contributed by atoms with Crippen molar-refractivity contribution < 1.29 is 0 Å². The second kappa shape index (κ2) is 4.76. The molecule has 3 aromatic rings. The highest BCUT2D eigenvalue weighted by molar-refractivity contribution is 7.15. The van der Waals surface area contributed by atoms with Crippen molar-refractivity contribution in [2.24, 2.45) is 0 Å². The number of hydrogen-bond donors (Lipinski definition) is 2. The molecule has 0 saturated carbocycles. The standard InChI is InChI=1S/C15H16N4S/c1-8-5-4-6-11(7-8)12-13(18-19-15(12)16)14-9(2)17-10(3)20-14/h4-7H,1-3H3,(H3,16,18,19). The van der Waals surface area contributed by atoms with Crippen LogP contribution in [-0.2, 0) is 0 Å². The van der Waals surface area contributed by atoms with Gasteiger partial charge in [-0.3, -0.25) is 5.10 Å². The number of aromatic nitrogens is 3. The fourth-order valence-corrected chi connectivity index (χ4v) is 3.30. The van der Waals surface area contributed by atoms with Crippen LogP contribution in [0, 0.1) is 20.8 Å². The number of nitrogens with two attached hydrogens (primary N) is 1. The maximum Gasteiger partial charge on any atom is 0.153 e. The number of nitrogen functional groups attached to an aromatic ring is 1. The molecule has 5 heteroatoms. The first-order valence-corrected chi connectivity index (χ1v) is 7.23. The Morgan fingerprint density at radius 1 is 1.20 bits per heavy atom. The summed E-state index contributed by atoms with van der Waals surface area (Å²) in [7, 11) is 0. The monoisotopic (exact) mass is 284 g/mol. The lowest BCUT2D eigenvalue weighted by Gasteiger charge is -2.04. The maximum absolute atomic E-state index is 6.06. The highest BCUT2D eigenvalue weighted by Crippen LogP contribution is 2.38. The van der Waals surface area contributed by atoms with Crippen molar-refractivity contribution in [1.29, 1.82) is 0 Å². The van der Waals surface area contributed by atoms with Crippen LogP contribution in [0.3, 0.4) is 0 Å². The van der Waals surface area contributed by atoms with E-state index in [1.165, 1.54) is 5.56 Å². The van der Waals surface area contributed by atoms with Crippen LogP contribution in [0.15, 0.2) is 24.3 Å². The molecule has 0 radical (unpaired) electrons. The average Bonchev–Trinajstić information content (AvgIpc) is 2.92. The molecule has 0 aliphatic heterocycles. The minimum atomic E-state index is 0.524. The number of thiazole rings is 1. The van der Waals surface area contributed by atoms with Gasteiger partial charge in [0.05, 0.1) is 26.8 Å². The fourth-order valence-electron chi connectivity index (χ4n) is 2.38. The van der Waals surface area contributed by atoms with E-state index in [0.717, 1.165) is 32.4 Å². The van der Waals surface area contributed by atoms with E-state index < -0.39 is 0 Å². The minimum absolute atomic E-state index is 0.524. The van der Waals surface area contributed by atoms with Crippen molar-refractivity contribution in [1.82, 2.24) is 15.2 Å². The Morgan fingerprint density at radius 2 is 2.00 bits per heavy atom. The normalized spacial score (nSPS) is 10.9. The van der Waals surface area contributed by atoms with Gasteiger partial charge in [0.25, 0.3) is 0 Å². The third kappa shape index (κ3) is 2.10. The molecule has 0 aliphatic rings. The smallest absolute Gasteiger partial charge is 0.153 e. The van der Waals surface area contributed by atoms with Crippen molar-refractivity contribution in [3.63, 3.8) is 0 Å². The lowest BCUT2D eigenvalue weighted by molar-refractivity contribution is 1.10. The predicted octanol–water partition coefficient (Wildman–Crippen LogP) is 3.71. The fraction of sp³-hybridized carbons (Fsp3) is 0.200. The first kappa shape index (κ1) is 12.9. The van der Waals surface area contributed by atoms with Crippen LogP contribution in [0.1, 0.15) is 16.3 Å². The van der Waals surface area contributed by atoms with Crippen molar-refractivity contribution >= 4 is 17.2 Å². The van der Waals surface area contributed by atoms with Gasteiger partial charge >= 0.3 is 0 Å². The molecule has 3 N–H and O–H groups in total.